The molecule has 0 aromatic carbocycles. The van der Waals surface area contributed by atoms with Crippen LogP contribution in [0, 0.1) is 5.92 Å². The lowest BCUT2D eigenvalue weighted by Crippen LogP contribution is -2.37. The van der Waals surface area contributed by atoms with E-state index in [1.807, 2.05) is 0 Å². The third-order valence-electron chi connectivity index (χ3n) is 4.11. The van der Waals surface area contributed by atoms with Crippen molar-refractivity contribution in [3.8, 4) is 0 Å². The molecular formula is C16H24ClN3O. The summed E-state index contributed by atoms with van der Waals surface area (Å²) in [6.07, 6.45) is 7.55. The smallest absolute Gasteiger partial charge is 0.253 e. The van der Waals surface area contributed by atoms with Gasteiger partial charge in [-0.25, -0.2) is 4.98 Å². The zero-order valence-corrected chi connectivity index (χ0v) is 13.5. The van der Waals surface area contributed by atoms with E-state index >= 15 is 0 Å². The van der Waals surface area contributed by atoms with Crippen molar-refractivity contribution >= 4 is 23.3 Å². The monoisotopic (exact) mass is 309 g/mol. The molecule has 0 radical (unpaired) electrons. The number of nitrogens with zero attached hydrogens (tertiary/aromatic N) is 1. The van der Waals surface area contributed by atoms with Gasteiger partial charge in [-0.1, -0.05) is 31.4 Å². The predicted molar refractivity (Wildman–Crippen MR) is 86.9 cm³/mol. The zero-order chi connectivity index (χ0) is 15.2. The van der Waals surface area contributed by atoms with E-state index in [2.05, 4.69) is 29.5 Å². The summed E-state index contributed by atoms with van der Waals surface area (Å²) >= 11 is 6.17. The number of rotatable bonds is 6. The van der Waals surface area contributed by atoms with Crippen molar-refractivity contribution in [3.63, 3.8) is 0 Å². The largest absolute Gasteiger partial charge is 0.369 e. The van der Waals surface area contributed by atoms with Crippen molar-refractivity contribution in [3.05, 3.63) is 22.8 Å². The van der Waals surface area contributed by atoms with Gasteiger partial charge in [0.25, 0.3) is 5.91 Å². The molecule has 1 amide bonds. The van der Waals surface area contributed by atoms with Crippen molar-refractivity contribution < 1.29 is 4.79 Å². The van der Waals surface area contributed by atoms with Gasteiger partial charge < -0.3 is 10.6 Å². The minimum atomic E-state index is -0.0918. The molecule has 1 heterocycles. The highest BCUT2D eigenvalue weighted by Crippen LogP contribution is 2.27. The van der Waals surface area contributed by atoms with Crippen molar-refractivity contribution in [2.45, 2.75) is 52.0 Å². The number of aromatic nitrogens is 1. The first kappa shape index (κ1) is 16.1. The Bertz CT molecular complexity index is 486. The quantitative estimate of drug-likeness (QED) is 0.839. The van der Waals surface area contributed by atoms with Gasteiger partial charge >= 0.3 is 0 Å². The van der Waals surface area contributed by atoms with Crippen LogP contribution < -0.4 is 10.6 Å². The standard InChI is InChI=1S/C16H24ClN3O/c1-3-8-18-15-14(17)9-13(10-19-15)16(21)20-11(2)12-6-4-5-7-12/h9-12H,3-8H2,1-2H3,(H,18,19)(H,20,21). The van der Waals surface area contributed by atoms with Crippen molar-refractivity contribution in [1.29, 1.82) is 0 Å². The van der Waals surface area contributed by atoms with E-state index in [0.29, 0.717) is 22.3 Å². The van der Waals surface area contributed by atoms with Crippen LogP contribution in [0.5, 0.6) is 0 Å². The van der Waals surface area contributed by atoms with E-state index in [4.69, 9.17) is 11.6 Å². The average Bonchev–Trinajstić information content (AvgIpc) is 3.00. The minimum Gasteiger partial charge on any atom is -0.369 e. The molecular weight excluding hydrogens is 286 g/mol. The zero-order valence-electron chi connectivity index (χ0n) is 12.8. The Labute approximate surface area is 131 Å². The topological polar surface area (TPSA) is 54.0 Å². The predicted octanol–water partition coefficient (Wildman–Crippen LogP) is 3.87. The SMILES string of the molecule is CCCNc1ncc(C(=O)NC(C)C2CCCC2)cc1Cl. The number of pyridine rings is 1. The first-order valence-corrected chi connectivity index (χ1v) is 8.20. The number of anilines is 1. The van der Waals surface area contributed by atoms with E-state index in [1.165, 1.54) is 25.7 Å². The molecule has 116 valence electrons. The molecule has 1 aromatic rings. The Morgan fingerprint density at radius 1 is 1.48 bits per heavy atom. The van der Waals surface area contributed by atoms with E-state index < -0.39 is 0 Å². The molecule has 1 atom stereocenters. The number of carbonyl (C=O) groups is 1. The van der Waals surface area contributed by atoms with Crippen LogP contribution >= 0.6 is 11.6 Å². The normalized spacial score (nSPS) is 16.7. The van der Waals surface area contributed by atoms with E-state index in [9.17, 15) is 4.79 Å². The second-order valence-electron chi connectivity index (χ2n) is 5.79. The molecule has 1 aromatic heterocycles. The van der Waals surface area contributed by atoms with Gasteiger partial charge in [-0.2, -0.15) is 0 Å². The highest BCUT2D eigenvalue weighted by Gasteiger charge is 2.23. The lowest BCUT2D eigenvalue weighted by atomic mass is 9.99. The summed E-state index contributed by atoms with van der Waals surface area (Å²) in [6.45, 7) is 4.98. The summed E-state index contributed by atoms with van der Waals surface area (Å²) < 4.78 is 0. The maximum absolute atomic E-state index is 12.3. The highest BCUT2D eigenvalue weighted by molar-refractivity contribution is 6.33. The summed E-state index contributed by atoms with van der Waals surface area (Å²) in [5.74, 6) is 1.15. The molecule has 0 spiro atoms. The minimum absolute atomic E-state index is 0.0918. The van der Waals surface area contributed by atoms with Crippen molar-refractivity contribution in [1.82, 2.24) is 10.3 Å². The van der Waals surface area contributed by atoms with Gasteiger partial charge in [-0.3, -0.25) is 4.79 Å². The molecule has 0 saturated heterocycles. The van der Waals surface area contributed by atoms with Crippen LogP contribution in [0.15, 0.2) is 12.3 Å². The number of halogens is 1. The van der Waals surface area contributed by atoms with E-state index in [1.54, 1.807) is 12.3 Å². The van der Waals surface area contributed by atoms with E-state index in [0.717, 1.165) is 13.0 Å². The maximum Gasteiger partial charge on any atom is 0.253 e. The molecule has 1 saturated carbocycles. The third kappa shape index (κ3) is 4.34. The number of carbonyl (C=O) groups excluding carboxylic acids is 1. The second-order valence-corrected chi connectivity index (χ2v) is 6.20. The van der Waals surface area contributed by atoms with Crippen LogP contribution in [0.2, 0.25) is 5.02 Å². The van der Waals surface area contributed by atoms with Gasteiger partial charge in [0, 0.05) is 18.8 Å². The maximum atomic E-state index is 12.3. The molecule has 1 aliphatic rings. The first-order chi connectivity index (χ1) is 10.1. The summed E-state index contributed by atoms with van der Waals surface area (Å²) in [4.78, 5) is 16.5. The Kier molecular flexibility index (Phi) is 5.85. The van der Waals surface area contributed by atoms with Gasteiger partial charge in [-0.15, -0.1) is 0 Å². The fraction of sp³-hybridized carbons (Fsp3) is 0.625. The number of hydrogen-bond donors (Lipinski definition) is 2. The molecule has 2 N–H and O–H groups in total. The molecule has 0 bridgehead atoms. The number of nitrogens with one attached hydrogen (secondary N) is 2. The molecule has 1 unspecified atom stereocenters. The van der Waals surface area contributed by atoms with Crippen LogP contribution in [-0.4, -0.2) is 23.5 Å². The van der Waals surface area contributed by atoms with Gasteiger partial charge in [0.05, 0.1) is 10.6 Å². The fourth-order valence-corrected chi connectivity index (χ4v) is 3.03. The van der Waals surface area contributed by atoms with E-state index in [-0.39, 0.29) is 11.9 Å². The van der Waals surface area contributed by atoms with Crippen LogP contribution in [-0.2, 0) is 0 Å². The highest BCUT2D eigenvalue weighted by atomic mass is 35.5. The molecule has 21 heavy (non-hydrogen) atoms. The number of hydrogen-bond acceptors (Lipinski definition) is 3. The van der Waals surface area contributed by atoms with Crippen molar-refractivity contribution in [2.24, 2.45) is 5.92 Å². The molecule has 1 aliphatic carbocycles. The average molecular weight is 310 g/mol. The van der Waals surface area contributed by atoms with Crippen molar-refractivity contribution in [2.75, 3.05) is 11.9 Å². The summed E-state index contributed by atoms with van der Waals surface area (Å²) in [7, 11) is 0. The van der Waals surface area contributed by atoms with Gasteiger partial charge in [0.1, 0.15) is 5.82 Å². The Balaban J connectivity index is 1.97. The Hall–Kier alpha value is -1.29. The summed E-state index contributed by atoms with van der Waals surface area (Å²) in [6, 6.07) is 1.89. The number of amides is 1. The molecule has 4 nitrogen and oxygen atoms in total. The third-order valence-corrected chi connectivity index (χ3v) is 4.40. The Morgan fingerprint density at radius 3 is 2.81 bits per heavy atom. The first-order valence-electron chi connectivity index (χ1n) is 7.82. The lowest BCUT2D eigenvalue weighted by molar-refractivity contribution is 0.0927. The van der Waals surface area contributed by atoms with Crippen LogP contribution in [0.3, 0.4) is 0 Å². The van der Waals surface area contributed by atoms with Gasteiger partial charge in [0.15, 0.2) is 0 Å². The van der Waals surface area contributed by atoms with Crippen LogP contribution in [0.25, 0.3) is 0 Å². The summed E-state index contributed by atoms with van der Waals surface area (Å²) in [5.41, 5.74) is 0.520. The molecule has 5 heteroatoms. The second kappa shape index (κ2) is 7.64. The fourth-order valence-electron chi connectivity index (χ4n) is 2.80. The molecule has 1 fully saturated rings. The van der Waals surface area contributed by atoms with Gasteiger partial charge in [-0.05, 0) is 38.2 Å². The molecule has 0 aliphatic heterocycles. The Morgan fingerprint density at radius 2 is 2.19 bits per heavy atom. The summed E-state index contributed by atoms with van der Waals surface area (Å²) in [5, 5.41) is 6.70. The van der Waals surface area contributed by atoms with Gasteiger partial charge in [0.2, 0.25) is 0 Å². The molecule has 2 rings (SSSR count). The lowest BCUT2D eigenvalue weighted by Gasteiger charge is -2.20. The van der Waals surface area contributed by atoms with Crippen LogP contribution in [0.4, 0.5) is 5.82 Å². The van der Waals surface area contributed by atoms with Crippen LogP contribution in [0.1, 0.15) is 56.3 Å².